The molecule has 1 heterocycles. The molecular weight excluding hydrogens is 399 g/mol. The zero-order valence-electron chi connectivity index (χ0n) is 14.2. The molecule has 1 aliphatic rings. The molecular formula is C18H29IN4. The second kappa shape index (κ2) is 11.5. The van der Waals surface area contributed by atoms with Crippen LogP contribution < -0.4 is 5.32 Å². The van der Waals surface area contributed by atoms with E-state index < -0.39 is 0 Å². The van der Waals surface area contributed by atoms with Gasteiger partial charge in [0.2, 0.25) is 0 Å². The third kappa shape index (κ3) is 6.91. The smallest absolute Gasteiger partial charge is 0.193 e. The zero-order chi connectivity index (χ0) is 15.6. The highest BCUT2D eigenvalue weighted by Crippen LogP contribution is 2.08. The Labute approximate surface area is 157 Å². The summed E-state index contributed by atoms with van der Waals surface area (Å²) in [6, 6.07) is 10.7. The van der Waals surface area contributed by atoms with Crippen LogP contribution in [0.25, 0.3) is 0 Å². The summed E-state index contributed by atoms with van der Waals surface area (Å²) >= 11 is 0. The van der Waals surface area contributed by atoms with Crippen molar-refractivity contribution < 1.29 is 0 Å². The van der Waals surface area contributed by atoms with Crippen molar-refractivity contribution in [2.24, 2.45) is 4.99 Å². The number of aliphatic imine (C=N–C) groups is 1. The van der Waals surface area contributed by atoms with Gasteiger partial charge in [-0.2, -0.15) is 0 Å². The molecule has 0 aromatic heterocycles. The van der Waals surface area contributed by atoms with E-state index in [4.69, 9.17) is 0 Å². The fraction of sp³-hybridized carbons (Fsp3) is 0.500. The van der Waals surface area contributed by atoms with Gasteiger partial charge in [-0.05, 0) is 18.9 Å². The van der Waals surface area contributed by atoms with E-state index in [0.29, 0.717) is 0 Å². The summed E-state index contributed by atoms with van der Waals surface area (Å²) in [6.07, 6.45) is 5.31. The molecule has 0 amide bonds. The van der Waals surface area contributed by atoms with Crippen LogP contribution in [0, 0.1) is 0 Å². The van der Waals surface area contributed by atoms with Gasteiger partial charge in [0.15, 0.2) is 5.96 Å². The Morgan fingerprint density at radius 2 is 1.87 bits per heavy atom. The Morgan fingerprint density at radius 1 is 1.17 bits per heavy atom. The minimum atomic E-state index is 0. The number of nitrogens with one attached hydrogen (secondary N) is 1. The van der Waals surface area contributed by atoms with Crippen molar-refractivity contribution in [3.05, 3.63) is 48.0 Å². The van der Waals surface area contributed by atoms with Crippen LogP contribution >= 0.6 is 24.0 Å². The van der Waals surface area contributed by atoms with Crippen LogP contribution in [0.2, 0.25) is 0 Å². The first-order valence-electron chi connectivity index (χ1n) is 8.16. The maximum Gasteiger partial charge on any atom is 0.193 e. The van der Waals surface area contributed by atoms with Crippen molar-refractivity contribution in [2.45, 2.75) is 19.9 Å². The van der Waals surface area contributed by atoms with Crippen molar-refractivity contribution in [1.29, 1.82) is 0 Å². The molecule has 1 saturated heterocycles. The molecule has 23 heavy (non-hydrogen) atoms. The lowest BCUT2D eigenvalue weighted by molar-refractivity contribution is 0.172. The molecule has 0 spiro atoms. The Kier molecular flexibility index (Phi) is 9.94. The molecule has 0 saturated carbocycles. The van der Waals surface area contributed by atoms with E-state index in [2.05, 4.69) is 69.5 Å². The lowest BCUT2D eigenvalue weighted by atomic mass is 10.2. The quantitative estimate of drug-likeness (QED) is 0.257. The summed E-state index contributed by atoms with van der Waals surface area (Å²) in [7, 11) is 1.87. The number of benzene rings is 1. The average Bonchev–Trinajstić information content (AvgIpc) is 2.57. The van der Waals surface area contributed by atoms with Crippen molar-refractivity contribution in [1.82, 2.24) is 15.1 Å². The summed E-state index contributed by atoms with van der Waals surface area (Å²) in [5.41, 5.74) is 1.39. The SMILES string of the molecule is C/C=C/CCNC(=NC)N1CCN(Cc2ccccc2)CC1.I. The van der Waals surface area contributed by atoms with Crippen molar-refractivity contribution >= 4 is 29.9 Å². The molecule has 128 valence electrons. The molecule has 0 unspecified atom stereocenters. The topological polar surface area (TPSA) is 30.9 Å². The van der Waals surface area contributed by atoms with Crippen molar-refractivity contribution in [3.8, 4) is 0 Å². The molecule has 4 nitrogen and oxygen atoms in total. The van der Waals surface area contributed by atoms with Crippen LogP contribution in [0.4, 0.5) is 0 Å². The van der Waals surface area contributed by atoms with Gasteiger partial charge in [-0.15, -0.1) is 24.0 Å². The first-order chi connectivity index (χ1) is 10.8. The van der Waals surface area contributed by atoms with Crippen molar-refractivity contribution in [2.75, 3.05) is 39.8 Å². The van der Waals surface area contributed by atoms with Gasteiger partial charge in [-0.25, -0.2) is 0 Å². The van der Waals surface area contributed by atoms with Gasteiger partial charge in [0.1, 0.15) is 0 Å². The lowest BCUT2D eigenvalue weighted by Crippen LogP contribution is -2.52. The minimum absolute atomic E-state index is 0. The Morgan fingerprint density at radius 3 is 2.48 bits per heavy atom. The fourth-order valence-corrected chi connectivity index (χ4v) is 2.73. The maximum atomic E-state index is 4.41. The Balaban J connectivity index is 0.00000264. The highest BCUT2D eigenvalue weighted by molar-refractivity contribution is 14.0. The summed E-state index contributed by atoms with van der Waals surface area (Å²) in [4.78, 5) is 9.28. The number of piperazine rings is 1. The molecule has 0 radical (unpaired) electrons. The molecule has 1 fully saturated rings. The molecule has 1 N–H and O–H groups in total. The van der Waals surface area contributed by atoms with E-state index in [-0.39, 0.29) is 24.0 Å². The van der Waals surface area contributed by atoms with E-state index in [1.807, 2.05) is 7.05 Å². The summed E-state index contributed by atoms with van der Waals surface area (Å²) < 4.78 is 0. The molecule has 2 rings (SSSR count). The number of halogens is 1. The molecule has 5 heteroatoms. The third-order valence-electron chi connectivity index (χ3n) is 3.96. The number of hydrogen-bond acceptors (Lipinski definition) is 2. The fourth-order valence-electron chi connectivity index (χ4n) is 2.73. The third-order valence-corrected chi connectivity index (χ3v) is 3.96. The molecule has 0 atom stereocenters. The number of allylic oxidation sites excluding steroid dienone is 1. The van der Waals surface area contributed by atoms with Crippen LogP contribution in [0.15, 0.2) is 47.5 Å². The van der Waals surface area contributed by atoms with Crippen LogP contribution in [0.1, 0.15) is 18.9 Å². The van der Waals surface area contributed by atoms with Crippen LogP contribution in [0.3, 0.4) is 0 Å². The first kappa shape index (κ1) is 20.0. The van der Waals surface area contributed by atoms with Gasteiger partial charge in [0, 0.05) is 46.3 Å². The molecule has 0 aliphatic carbocycles. The average molecular weight is 428 g/mol. The summed E-state index contributed by atoms with van der Waals surface area (Å²) in [6.45, 7) is 8.30. The predicted octanol–water partition coefficient (Wildman–Crippen LogP) is 2.96. The second-order valence-electron chi connectivity index (χ2n) is 5.58. The van der Waals surface area contributed by atoms with Crippen molar-refractivity contribution in [3.63, 3.8) is 0 Å². The normalized spacial score (nSPS) is 16.4. The number of guanidine groups is 1. The van der Waals surface area contributed by atoms with Gasteiger partial charge >= 0.3 is 0 Å². The highest BCUT2D eigenvalue weighted by atomic mass is 127. The number of hydrogen-bond donors (Lipinski definition) is 1. The largest absolute Gasteiger partial charge is 0.356 e. The summed E-state index contributed by atoms with van der Waals surface area (Å²) in [5.74, 6) is 1.03. The second-order valence-corrected chi connectivity index (χ2v) is 5.58. The van der Waals surface area contributed by atoms with Gasteiger partial charge in [0.05, 0.1) is 0 Å². The number of rotatable bonds is 5. The molecule has 1 aliphatic heterocycles. The molecule has 1 aromatic carbocycles. The highest BCUT2D eigenvalue weighted by Gasteiger charge is 2.19. The minimum Gasteiger partial charge on any atom is -0.356 e. The Bertz CT molecular complexity index is 479. The van der Waals surface area contributed by atoms with Crippen LogP contribution in [-0.2, 0) is 6.54 Å². The van der Waals surface area contributed by atoms with Gasteiger partial charge in [-0.3, -0.25) is 9.89 Å². The van der Waals surface area contributed by atoms with E-state index in [1.54, 1.807) is 0 Å². The van der Waals surface area contributed by atoms with E-state index in [1.165, 1.54) is 5.56 Å². The maximum absolute atomic E-state index is 4.41. The molecule has 1 aromatic rings. The standard InChI is InChI=1S/C18H28N4.HI/c1-3-4-8-11-20-18(19-2)22-14-12-21(13-15-22)16-17-9-6-5-7-10-17;/h3-7,9-10H,8,11-16H2,1-2H3,(H,19,20);1H/b4-3+;. The van der Waals surface area contributed by atoms with E-state index >= 15 is 0 Å². The van der Waals surface area contributed by atoms with Crippen LogP contribution in [0.5, 0.6) is 0 Å². The zero-order valence-corrected chi connectivity index (χ0v) is 16.6. The summed E-state index contributed by atoms with van der Waals surface area (Å²) in [5, 5.41) is 3.44. The number of nitrogens with zero attached hydrogens (tertiary/aromatic N) is 3. The lowest BCUT2D eigenvalue weighted by Gasteiger charge is -2.36. The van der Waals surface area contributed by atoms with Gasteiger partial charge < -0.3 is 10.2 Å². The predicted molar refractivity (Wildman–Crippen MR) is 109 cm³/mol. The monoisotopic (exact) mass is 428 g/mol. The first-order valence-corrected chi connectivity index (χ1v) is 8.16. The Hall–Kier alpha value is -1.08. The molecule has 0 bridgehead atoms. The van der Waals surface area contributed by atoms with Gasteiger partial charge in [0.25, 0.3) is 0 Å². The van der Waals surface area contributed by atoms with Gasteiger partial charge in [-0.1, -0.05) is 42.5 Å². The van der Waals surface area contributed by atoms with E-state index in [9.17, 15) is 0 Å². The van der Waals surface area contributed by atoms with Crippen LogP contribution in [-0.4, -0.2) is 55.5 Å². The van der Waals surface area contributed by atoms with E-state index in [0.717, 1.165) is 51.6 Å².